The van der Waals surface area contributed by atoms with Gasteiger partial charge in [-0.2, -0.15) is 0 Å². The van der Waals surface area contributed by atoms with Gasteiger partial charge >= 0.3 is 0 Å². The molecule has 0 aliphatic heterocycles. The summed E-state index contributed by atoms with van der Waals surface area (Å²) in [5, 5.41) is 0. The molecule has 0 heterocycles. The lowest BCUT2D eigenvalue weighted by Gasteiger charge is -2.23. The van der Waals surface area contributed by atoms with Gasteiger partial charge in [0.15, 0.2) is 0 Å². The third-order valence-electron chi connectivity index (χ3n) is 2.76. The van der Waals surface area contributed by atoms with Crippen LogP contribution in [0.15, 0.2) is 22.7 Å². The summed E-state index contributed by atoms with van der Waals surface area (Å²) in [4.78, 5) is 2.29. The second-order valence-electron chi connectivity index (χ2n) is 3.89. The zero-order valence-corrected chi connectivity index (χ0v) is 12.2. The number of anilines is 1. The molecule has 0 aliphatic rings. The Morgan fingerprint density at radius 3 is 2.71 bits per heavy atom. The molecular formula is C13H21BrN2O. The molecule has 0 saturated heterocycles. The molecule has 1 aromatic carbocycles. The molecule has 0 radical (unpaired) electrons. The molecule has 3 nitrogen and oxygen atoms in total. The van der Waals surface area contributed by atoms with E-state index in [1.807, 2.05) is 0 Å². The van der Waals surface area contributed by atoms with Crippen LogP contribution < -0.4 is 10.6 Å². The smallest absolute Gasteiger partial charge is 0.0637 e. The molecule has 0 unspecified atom stereocenters. The van der Waals surface area contributed by atoms with E-state index in [1.54, 1.807) is 7.11 Å². The van der Waals surface area contributed by atoms with E-state index in [0.29, 0.717) is 6.54 Å². The van der Waals surface area contributed by atoms with Crippen LogP contribution in [-0.2, 0) is 11.2 Å². The van der Waals surface area contributed by atoms with Crippen LogP contribution in [0.1, 0.15) is 12.5 Å². The molecule has 0 atom stereocenters. The molecule has 96 valence electrons. The topological polar surface area (TPSA) is 38.5 Å². The van der Waals surface area contributed by atoms with Crippen molar-refractivity contribution in [1.82, 2.24) is 0 Å². The summed E-state index contributed by atoms with van der Waals surface area (Å²) >= 11 is 3.60. The Morgan fingerprint density at radius 2 is 2.18 bits per heavy atom. The van der Waals surface area contributed by atoms with Crippen LogP contribution in [0.3, 0.4) is 0 Å². The van der Waals surface area contributed by atoms with E-state index in [-0.39, 0.29) is 0 Å². The highest BCUT2D eigenvalue weighted by Crippen LogP contribution is 2.24. The van der Waals surface area contributed by atoms with Crippen molar-refractivity contribution in [2.45, 2.75) is 13.3 Å². The first-order valence-corrected chi connectivity index (χ1v) is 6.74. The summed E-state index contributed by atoms with van der Waals surface area (Å²) in [6, 6.07) is 6.45. The normalized spacial score (nSPS) is 10.6. The number of likely N-dealkylation sites (N-methyl/N-ethyl adjacent to an activating group) is 1. The first-order valence-electron chi connectivity index (χ1n) is 5.95. The predicted octanol–water partition coefficient (Wildman–Crippen LogP) is 2.42. The Labute approximate surface area is 112 Å². The van der Waals surface area contributed by atoms with E-state index in [0.717, 1.165) is 30.6 Å². The van der Waals surface area contributed by atoms with Crippen molar-refractivity contribution < 1.29 is 4.74 Å². The molecule has 0 saturated carbocycles. The minimum atomic E-state index is 0.680. The van der Waals surface area contributed by atoms with Crippen LogP contribution in [0.2, 0.25) is 0 Å². The van der Waals surface area contributed by atoms with E-state index in [9.17, 15) is 0 Å². The first kappa shape index (κ1) is 14.5. The summed E-state index contributed by atoms with van der Waals surface area (Å²) in [6.45, 7) is 5.47. The average molecular weight is 301 g/mol. The second-order valence-corrected chi connectivity index (χ2v) is 4.74. The van der Waals surface area contributed by atoms with Crippen molar-refractivity contribution in [3.05, 3.63) is 28.2 Å². The van der Waals surface area contributed by atoms with Crippen LogP contribution >= 0.6 is 15.9 Å². The second kappa shape index (κ2) is 7.69. The third-order valence-corrected chi connectivity index (χ3v) is 3.50. The lowest BCUT2D eigenvalue weighted by molar-refractivity contribution is 0.205. The maximum absolute atomic E-state index is 5.57. The van der Waals surface area contributed by atoms with E-state index in [1.165, 1.54) is 11.3 Å². The Balaban J connectivity index is 2.79. The highest BCUT2D eigenvalue weighted by Gasteiger charge is 2.06. The molecule has 1 aromatic rings. The van der Waals surface area contributed by atoms with Crippen LogP contribution in [0.5, 0.6) is 0 Å². The van der Waals surface area contributed by atoms with Crippen LogP contribution in [-0.4, -0.2) is 33.4 Å². The van der Waals surface area contributed by atoms with E-state index >= 15 is 0 Å². The summed E-state index contributed by atoms with van der Waals surface area (Å²) < 4.78 is 6.25. The van der Waals surface area contributed by atoms with E-state index in [4.69, 9.17) is 10.5 Å². The monoisotopic (exact) mass is 300 g/mol. The fraction of sp³-hybridized carbons (Fsp3) is 0.538. The molecule has 2 N–H and O–H groups in total. The van der Waals surface area contributed by atoms with E-state index in [2.05, 4.69) is 46.0 Å². The number of halogens is 1. The van der Waals surface area contributed by atoms with Crippen molar-refractivity contribution in [2.24, 2.45) is 5.73 Å². The molecule has 0 bridgehead atoms. The SMILES string of the molecule is CCN(CCOC)c1ccc(CCN)c(Br)c1. The minimum Gasteiger partial charge on any atom is -0.383 e. The number of ether oxygens (including phenoxy) is 1. The van der Waals surface area contributed by atoms with Gasteiger partial charge in [0.2, 0.25) is 0 Å². The third kappa shape index (κ3) is 4.30. The van der Waals surface area contributed by atoms with Crippen LogP contribution in [0.25, 0.3) is 0 Å². The van der Waals surface area contributed by atoms with E-state index < -0.39 is 0 Å². The molecule has 0 fully saturated rings. The van der Waals surface area contributed by atoms with Gasteiger partial charge in [-0.3, -0.25) is 0 Å². The van der Waals surface area contributed by atoms with Gasteiger partial charge in [0, 0.05) is 30.4 Å². The Morgan fingerprint density at radius 1 is 1.41 bits per heavy atom. The largest absolute Gasteiger partial charge is 0.383 e. The number of hydrogen-bond donors (Lipinski definition) is 1. The van der Waals surface area contributed by atoms with Gasteiger partial charge in [-0.1, -0.05) is 22.0 Å². The molecule has 4 heteroatoms. The summed E-state index contributed by atoms with van der Waals surface area (Å²) in [5.41, 5.74) is 8.05. The minimum absolute atomic E-state index is 0.680. The molecule has 17 heavy (non-hydrogen) atoms. The highest BCUT2D eigenvalue weighted by atomic mass is 79.9. The average Bonchev–Trinajstić information content (AvgIpc) is 2.33. The Kier molecular flexibility index (Phi) is 6.55. The Bertz CT molecular complexity index is 344. The summed E-state index contributed by atoms with van der Waals surface area (Å²) in [6.07, 6.45) is 0.908. The zero-order chi connectivity index (χ0) is 12.7. The summed E-state index contributed by atoms with van der Waals surface area (Å²) in [5.74, 6) is 0. The van der Waals surface area contributed by atoms with Gasteiger partial charge < -0.3 is 15.4 Å². The van der Waals surface area contributed by atoms with Gasteiger partial charge in [-0.05, 0) is 37.6 Å². The molecule has 0 spiro atoms. The van der Waals surface area contributed by atoms with Gasteiger partial charge in [0.25, 0.3) is 0 Å². The van der Waals surface area contributed by atoms with Crippen molar-refractivity contribution in [2.75, 3.05) is 38.3 Å². The number of methoxy groups -OCH3 is 1. The predicted molar refractivity (Wildman–Crippen MR) is 76.7 cm³/mol. The summed E-state index contributed by atoms with van der Waals surface area (Å²) in [7, 11) is 1.73. The number of hydrogen-bond acceptors (Lipinski definition) is 3. The van der Waals surface area contributed by atoms with Crippen molar-refractivity contribution in [3.8, 4) is 0 Å². The van der Waals surface area contributed by atoms with Crippen molar-refractivity contribution in [3.63, 3.8) is 0 Å². The Hall–Kier alpha value is -0.580. The maximum Gasteiger partial charge on any atom is 0.0637 e. The standard InChI is InChI=1S/C13H21BrN2O/c1-3-16(8-9-17-2)12-5-4-11(6-7-15)13(14)10-12/h4-5,10H,3,6-9,15H2,1-2H3. The fourth-order valence-electron chi connectivity index (χ4n) is 1.76. The number of nitrogens with two attached hydrogens (primary N) is 1. The van der Waals surface area contributed by atoms with Gasteiger partial charge in [-0.25, -0.2) is 0 Å². The van der Waals surface area contributed by atoms with Gasteiger partial charge in [0.05, 0.1) is 6.61 Å². The van der Waals surface area contributed by atoms with Crippen molar-refractivity contribution in [1.29, 1.82) is 0 Å². The van der Waals surface area contributed by atoms with Crippen molar-refractivity contribution >= 4 is 21.6 Å². The fourth-order valence-corrected chi connectivity index (χ4v) is 2.33. The molecule has 0 amide bonds. The number of rotatable bonds is 7. The number of nitrogens with zero attached hydrogens (tertiary/aromatic N) is 1. The maximum atomic E-state index is 5.57. The van der Waals surface area contributed by atoms with Crippen LogP contribution in [0, 0.1) is 0 Å². The lowest BCUT2D eigenvalue weighted by atomic mass is 10.1. The number of benzene rings is 1. The lowest BCUT2D eigenvalue weighted by Crippen LogP contribution is -2.26. The molecule has 1 rings (SSSR count). The molecule has 0 aliphatic carbocycles. The molecular weight excluding hydrogens is 280 g/mol. The highest BCUT2D eigenvalue weighted by molar-refractivity contribution is 9.10. The first-order chi connectivity index (χ1) is 8.22. The quantitative estimate of drug-likeness (QED) is 0.840. The van der Waals surface area contributed by atoms with Crippen LogP contribution in [0.4, 0.5) is 5.69 Å². The zero-order valence-electron chi connectivity index (χ0n) is 10.6. The van der Waals surface area contributed by atoms with Gasteiger partial charge in [0.1, 0.15) is 0 Å². The van der Waals surface area contributed by atoms with Gasteiger partial charge in [-0.15, -0.1) is 0 Å². The molecule has 0 aromatic heterocycles.